The summed E-state index contributed by atoms with van der Waals surface area (Å²) in [7, 11) is 0. The van der Waals surface area contributed by atoms with Gasteiger partial charge in [-0.1, -0.05) is 0 Å². The maximum atomic E-state index is 5.86. The first-order chi connectivity index (χ1) is 7.33. The zero-order chi connectivity index (χ0) is 10.3. The molecule has 2 heterocycles. The van der Waals surface area contributed by atoms with Gasteiger partial charge in [0.25, 0.3) is 0 Å². The van der Waals surface area contributed by atoms with Gasteiger partial charge in [-0.25, -0.2) is 4.68 Å². The van der Waals surface area contributed by atoms with Gasteiger partial charge in [0.2, 0.25) is 0 Å². The molecule has 2 fully saturated rings. The molecule has 0 spiro atoms. The monoisotopic (exact) mass is 208 g/mol. The molecular formula is C9H16N6. The molecule has 1 saturated heterocycles. The molecule has 2 N–H and O–H groups in total. The van der Waals surface area contributed by atoms with Crippen LogP contribution < -0.4 is 5.73 Å². The Morgan fingerprint density at radius 3 is 2.87 bits per heavy atom. The third kappa shape index (κ3) is 1.87. The summed E-state index contributed by atoms with van der Waals surface area (Å²) in [6.07, 6.45) is 3.53. The summed E-state index contributed by atoms with van der Waals surface area (Å²) in [5.41, 5.74) is 5.86. The van der Waals surface area contributed by atoms with E-state index in [1.165, 1.54) is 12.8 Å². The number of tetrazole rings is 1. The van der Waals surface area contributed by atoms with Gasteiger partial charge in [-0.05, 0) is 29.7 Å². The molecule has 1 aliphatic carbocycles. The van der Waals surface area contributed by atoms with Gasteiger partial charge in [-0.3, -0.25) is 4.90 Å². The van der Waals surface area contributed by atoms with Crippen molar-refractivity contribution in [3.05, 3.63) is 5.82 Å². The quantitative estimate of drug-likeness (QED) is 0.727. The van der Waals surface area contributed by atoms with E-state index in [0.29, 0.717) is 12.1 Å². The van der Waals surface area contributed by atoms with Gasteiger partial charge in [0.05, 0.1) is 12.6 Å². The second-order valence-corrected chi connectivity index (χ2v) is 4.55. The lowest BCUT2D eigenvalue weighted by Crippen LogP contribution is -2.27. The molecule has 0 radical (unpaired) electrons. The van der Waals surface area contributed by atoms with Crippen molar-refractivity contribution in [1.82, 2.24) is 25.1 Å². The topological polar surface area (TPSA) is 72.9 Å². The molecule has 0 aromatic carbocycles. The van der Waals surface area contributed by atoms with Crippen LogP contribution in [0.3, 0.4) is 0 Å². The van der Waals surface area contributed by atoms with Crippen LogP contribution in [0.5, 0.6) is 0 Å². The Morgan fingerprint density at radius 2 is 2.20 bits per heavy atom. The first-order valence-corrected chi connectivity index (χ1v) is 5.57. The number of nitrogens with zero attached hydrogens (tertiary/aromatic N) is 5. The molecule has 15 heavy (non-hydrogen) atoms. The van der Waals surface area contributed by atoms with Crippen LogP contribution in [0.2, 0.25) is 0 Å². The maximum absolute atomic E-state index is 5.86. The number of hydrogen-bond donors (Lipinski definition) is 1. The molecule has 1 atom stereocenters. The van der Waals surface area contributed by atoms with E-state index in [2.05, 4.69) is 20.4 Å². The number of likely N-dealkylation sites (tertiary alicyclic amines) is 1. The van der Waals surface area contributed by atoms with Crippen molar-refractivity contribution in [1.29, 1.82) is 0 Å². The van der Waals surface area contributed by atoms with Crippen molar-refractivity contribution >= 4 is 0 Å². The highest BCUT2D eigenvalue weighted by molar-refractivity contribution is 4.92. The fourth-order valence-electron chi connectivity index (χ4n) is 2.13. The molecule has 1 aliphatic heterocycles. The van der Waals surface area contributed by atoms with Gasteiger partial charge < -0.3 is 5.73 Å². The molecular weight excluding hydrogens is 192 g/mol. The van der Waals surface area contributed by atoms with Crippen molar-refractivity contribution in [2.75, 3.05) is 13.1 Å². The number of nitrogens with two attached hydrogens (primary N) is 1. The third-order valence-electron chi connectivity index (χ3n) is 3.13. The van der Waals surface area contributed by atoms with Crippen molar-refractivity contribution in [2.24, 2.45) is 5.73 Å². The van der Waals surface area contributed by atoms with Gasteiger partial charge >= 0.3 is 0 Å². The first-order valence-electron chi connectivity index (χ1n) is 5.57. The molecule has 1 saturated carbocycles. The highest BCUT2D eigenvalue weighted by atomic mass is 15.6. The van der Waals surface area contributed by atoms with Crippen LogP contribution in [-0.2, 0) is 6.54 Å². The maximum Gasteiger partial charge on any atom is 0.165 e. The smallest absolute Gasteiger partial charge is 0.165 e. The van der Waals surface area contributed by atoms with Crippen LogP contribution in [0.1, 0.15) is 31.1 Å². The zero-order valence-electron chi connectivity index (χ0n) is 8.71. The first kappa shape index (κ1) is 9.23. The lowest BCUT2D eigenvalue weighted by molar-refractivity contribution is 0.309. The van der Waals surface area contributed by atoms with E-state index in [0.717, 1.165) is 31.9 Å². The molecule has 82 valence electrons. The Bertz CT molecular complexity index is 344. The average Bonchev–Trinajstić information content (AvgIpc) is 2.83. The summed E-state index contributed by atoms with van der Waals surface area (Å²) in [6, 6.07) is 0.890. The summed E-state index contributed by atoms with van der Waals surface area (Å²) in [6.45, 7) is 2.88. The lowest BCUT2D eigenvalue weighted by Gasteiger charge is -2.13. The third-order valence-corrected chi connectivity index (χ3v) is 3.13. The molecule has 6 heteroatoms. The van der Waals surface area contributed by atoms with Crippen molar-refractivity contribution in [3.8, 4) is 0 Å². The van der Waals surface area contributed by atoms with E-state index in [1.807, 2.05) is 4.68 Å². The Balaban J connectivity index is 1.68. The Kier molecular flexibility index (Phi) is 2.17. The molecule has 2 aliphatic rings. The van der Waals surface area contributed by atoms with E-state index in [9.17, 15) is 0 Å². The second kappa shape index (κ2) is 3.53. The van der Waals surface area contributed by atoms with E-state index >= 15 is 0 Å². The van der Waals surface area contributed by atoms with Crippen LogP contribution >= 0.6 is 0 Å². The molecule has 0 amide bonds. The standard InChI is InChI=1S/C9H16N6/c10-7-3-4-14(5-7)6-9-11-12-13-15(9)8-1-2-8/h7-8H,1-6,10H2/t7-/m0/s1. The van der Waals surface area contributed by atoms with Crippen LogP contribution in [0.25, 0.3) is 0 Å². The van der Waals surface area contributed by atoms with Crippen LogP contribution in [0.15, 0.2) is 0 Å². The predicted octanol–water partition coefficient (Wildman–Crippen LogP) is -0.459. The van der Waals surface area contributed by atoms with Gasteiger partial charge in [0.1, 0.15) is 0 Å². The Labute approximate surface area is 88.4 Å². The molecule has 0 unspecified atom stereocenters. The minimum atomic E-state index is 0.329. The van der Waals surface area contributed by atoms with Crippen LogP contribution in [0, 0.1) is 0 Å². The summed E-state index contributed by atoms with van der Waals surface area (Å²) >= 11 is 0. The average molecular weight is 208 g/mol. The van der Waals surface area contributed by atoms with Gasteiger partial charge in [0, 0.05) is 19.1 Å². The summed E-state index contributed by atoms with van der Waals surface area (Å²) in [5.74, 6) is 0.992. The minimum Gasteiger partial charge on any atom is -0.326 e. The molecule has 0 bridgehead atoms. The van der Waals surface area contributed by atoms with E-state index in [-0.39, 0.29) is 0 Å². The molecule has 3 rings (SSSR count). The SMILES string of the molecule is N[C@H]1CCN(Cc2nnnn2C2CC2)C1. The highest BCUT2D eigenvalue weighted by Gasteiger charge is 2.29. The van der Waals surface area contributed by atoms with Gasteiger partial charge in [-0.15, -0.1) is 5.10 Å². The largest absolute Gasteiger partial charge is 0.326 e. The van der Waals surface area contributed by atoms with E-state index < -0.39 is 0 Å². The summed E-state index contributed by atoms with van der Waals surface area (Å²) in [4.78, 5) is 2.33. The number of rotatable bonds is 3. The molecule has 1 aromatic rings. The van der Waals surface area contributed by atoms with Gasteiger partial charge in [0.15, 0.2) is 5.82 Å². The fourth-order valence-corrected chi connectivity index (χ4v) is 2.13. The normalized spacial score (nSPS) is 27.4. The Hall–Kier alpha value is -1.01. The fraction of sp³-hybridized carbons (Fsp3) is 0.889. The van der Waals surface area contributed by atoms with Gasteiger partial charge in [-0.2, -0.15) is 0 Å². The Morgan fingerprint density at radius 1 is 1.33 bits per heavy atom. The van der Waals surface area contributed by atoms with Crippen molar-refractivity contribution in [2.45, 2.75) is 37.9 Å². The van der Waals surface area contributed by atoms with Crippen LogP contribution in [-0.4, -0.2) is 44.2 Å². The zero-order valence-corrected chi connectivity index (χ0v) is 8.71. The highest BCUT2D eigenvalue weighted by Crippen LogP contribution is 2.34. The second-order valence-electron chi connectivity index (χ2n) is 4.55. The molecule has 1 aromatic heterocycles. The molecule has 6 nitrogen and oxygen atoms in total. The van der Waals surface area contributed by atoms with E-state index in [4.69, 9.17) is 5.73 Å². The minimum absolute atomic E-state index is 0.329. The van der Waals surface area contributed by atoms with E-state index in [1.54, 1.807) is 0 Å². The van der Waals surface area contributed by atoms with Crippen molar-refractivity contribution in [3.63, 3.8) is 0 Å². The number of aromatic nitrogens is 4. The number of hydrogen-bond acceptors (Lipinski definition) is 5. The predicted molar refractivity (Wildman–Crippen MR) is 54.0 cm³/mol. The summed E-state index contributed by atoms with van der Waals surface area (Å²) in [5, 5.41) is 11.9. The van der Waals surface area contributed by atoms with Crippen LogP contribution in [0.4, 0.5) is 0 Å². The van der Waals surface area contributed by atoms with Crippen molar-refractivity contribution < 1.29 is 0 Å². The lowest BCUT2D eigenvalue weighted by atomic mass is 10.3. The summed E-state index contributed by atoms with van der Waals surface area (Å²) < 4.78 is 1.98.